The molecule has 0 saturated carbocycles. The molecule has 50 heavy (non-hydrogen) atoms. The van der Waals surface area contributed by atoms with E-state index in [4.69, 9.17) is 9.84 Å². The standard InChI is InChI=1S/C40H49NO9/c1-22-17-25(4)36(45)26(5)19-27(6)38(50-28(7)42)23(2)9-8-10-24(3)39(47)41-34-21-35(44)32(33(18-22)37(34)46)16-15-31(43)20-29-11-13-30(14-12-29)40(48)49/h8-14,19,21-23,25-26,36,38,45H,15-18,20H2,1-7H3,(H,41,47)(H,48,49)/b9-8-,24-10+,27-19+/t22-,23-,25-,26-,36-,38+/m0/s1. The van der Waals surface area contributed by atoms with Gasteiger partial charge in [-0.2, -0.15) is 0 Å². The number of hydrogen-bond acceptors (Lipinski definition) is 8. The number of Topliss-reactive ketones (excluding diaryl/α,β-unsaturated/α-hetero) is 2. The van der Waals surface area contributed by atoms with E-state index in [-0.39, 0.29) is 83.1 Å². The largest absolute Gasteiger partial charge is 0.478 e. The molecule has 3 rings (SSSR count). The molecule has 1 heterocycles. The molecule has 0 radical (unpaired) electrons. The fourth-order valence-electron chi connectivity index (χ4n) is 6.56. The molecule has 0 spiro atoms. The summed E-state index contributed by atoms with van der Waals surface area (Å²) >= 11 is 0. The number of rotatable bonds is 7. The zero-order chi connectivity index (χ0) is 37.3. The van der Waals surface area contributed by atoms with Crippen LogP contribution in [-0.4, -0.2) is 57.6 Å². The van der Waals surface area contributed by atoms with Crippen molar-refractivity contribution >= 4 is 35.2 Å². The first kappa shape index (κ1) is 39.7. The molecule has 0 fully saturated rings. The Morgan fingerprint density at radius 2 is 1.64 bits per heavy atom. The minimum Gasteiger partial charge on any atom is -0.478 e. The third-order valence-electron chi connectivity index (χ3n) is 9.27. The van der Waals surface area contributed by atoms with Crippen molar-refractivity contribution in [1.29, 1.82) is 0 Å². The number of amides is 1. The second kappa shape index (κ2) is 17.8. The summed E-state index contributed by atoms with van der Waals surface area (Å²) in [5.41, 5.74) is 2.12. The molecule has 0 saturated heterocycles. The highest BCUT2D eigenvalue weighted by atomic mass is 16.5. The third-order valence-corrected chi connectivity index (χ3v) is 9.27. The van der Waals surface area contributed by atoms with E-state index in [1.807, 2.05) is 40.7 Å². The highest BCUT2D eigenvalue weighted by Gasteiger charge is 2.32. The molecule has 268 valence electrons. The van der Waals surface area contributed by atoms with Crippen LogP contribution in [0, 0.1) is 23.7 Å². The molecule has 3 N–H and O–H groups in total. The number of carbonyl (C=O) groups is 6. The van der Waals surface area contributed by atoms with Gasteiger partial charge in [-0.05, 0) is 68.2 Å². The quantitative estimate of drug-likeness (QED) is 0.182. The Hall–Kier alpha value is -4.70. The van der Waals surface area contributed by atoms with Crippen molar-refractivity contribution in [3.05, 3.63) is 93.8 Å². The number of esters is 1. The first-order valence-corrected chi connectivity index (χ1v) is 17.0. The Balaban J connectivity index is 1.94. The lowest BCUT2D eigenvalue weighted by Crippen LogP contribution is -2.33. The van der Waals surface area contributed by atoms with Gasteiger partial charge >= 0.3 is 11.9 Å². The highest BCUT2D eigenvalue weighted by molar-refractivity contribution is 6.24. The molecule has 1 amide bonds. The summed E-state index contributed by atoms with van der Waals surface area (Å²) in [5, 5.41) is 23.0. The topological polar surface area (TPSA) is 164 Å². The van der Waals surface area contributed by atoms with Crippen molar-refractivity contribution in [3.8, 4) is 0 Å². The summed E-state index contributed by atoms with van der Waals surface area (Å²) in [6.45, 7) is 12.4. The minimum atomic E-state index is -1.07. The summed E-state index contributed by atoms with van der Waals surface area (Å²) in [7, 11) is 0. The summed E-state index contributed by atoms with van der Waals surface area (Å²) in [6.07, 6.45) is 7.49. The van der Waals surface area contributed by atoms with Gasteiger partial charge in [-0.25, -0.2) is 4.79 Å². The van der Waals surface area contributed by atoms with Crippen molar-refractivity contribution in [2.24, 2.45) is 23.7 Å². The number of allylic oxidation sites excluding steroid dienone is 5. The van der Waals surface area contributed by atoms with Crippen molar-refractivity contribution in [3.63, 3.8) is 0 Å². The fraction of sp³-hybridized carbons (Fsp3) is 0.450. The van der Waals surface area contributed by atoms with Gasteiger partial charge in [0.1, 0.15) is 11.9 Å². The number of carboxylic acids is 1. The molecule has 2 bridgehead atoms. The van der Waals surface area contributed by atoms with E-state index in [0.717, 1.165) is 11.6 Å². The summed E-state index contributed by atoms with van der Waals surface area (Å²) in [5.74, 6) is -4.10. The van der Waals surface area contributed by atoms with Crippen LogP contribution in [-0.2, 0) is 35.1 Å². The highest BCUT2D eigenvalue weighted by Crippen LogP contribution is 2.32. The average molecular weight is 688 g/mol. The lowest BCUT2D eigenvalue weighted by atomic mass is 9.80. The first-order valence-electron chi connectivity index (χ1n) is 17.0. The van der Waals surface area contributed by atoms with Crippen molar-refractivity contribution < 1.29 is 43.7 Å². The van der Waals surface area contributed by atoms with Crippen LogP contribution >= 0.6 is 0 Å². The van der Waals surface area contributed by atoms with Crippen LogP contribution in [0.15, 0.2) is 82.6 Å². The van der Waals surface area contributed by atoms with Gasteiger partial charge < -0.3 is 20.3 Å². The Labute approximate surface area is 294 Å². The third kappa shape index (κ3) is 10.9. The van der Waals surface area contributed by atoms with Gasteiger partial charge in [-0.1, -0.05) is 64.1 Å². The molecule has 2 aliphatic rings. The van der Waals surface area contributed by atoms with E-state index < -0.39 is 41.6 Å². The number of hydrogen-bond donors (Lipinski definition) is 3. The first-order chi connectivity index (χ1) is 23.5. The van der Waals surface area contributed by atoms with E-state index in [1.165, 1.54) is 19.1 Å². The molecular formula is C40H49NO9. The molecule has 0 unspecified atom stereocenters. The van der Waals surface area contributed by atoms with Crippen LogP contribution in [0.5, 0.6) is 0 Å². The number of carboxylic acid groups (broad SMARTS) is 1. The molecular weight excluding hydrogens is 638 g/mol. The maximum absolute atomic E-state index is 13.9. The van der Waals surface area contributed by atoms with Crippen molar-refractivity contribution in [2.45, 2.75) is 92.8 Å². The Morgan fingerprint density at radius 1 is 0.980 bits per heavy atom. The number of aliphatic hydroxyl groups is 1. The van der Waals surface area contributed by atoms with Gasteiger partial charge in [0.15, 0.2) is 5.78 Å². The van der Waals surface area contributed by atoms with Gasteiger partial charge in [0.2, 0.25) is 5.78 Å². The maximum atomic E-state index is 13.9. The Morgan fingerprint density at radius 3 is 2.26 bits per heavy atom. The van der Waals surface area contributed by atoms with Crippen molar-refractivity contribution in [2.75, 3.05) is 0 Å². The minimum absolute atomic E-state index is 0.0122. The van der Waals surface area contributed by atoms with Crippen LogP contribution in [0.25, 0.3) is 0 Å². The number of aliphatic hydroxyl groups excluding tert-OH is 1. The number of fused-ring (bicyclic) bond motifs is 2. The lowest BCUT2D eigenvalue weighted by molar-refractivity contribution is -0.146. The van der Waals surface area contributed by atoms with Gasteiger partial charge in [0.25, 0.3) is 5.91 Å². The van der Waals surface area contributed by atoms with Gasteiger partial charge in [-0.15, -0.1) is 0 Å². The van der Waals surface area contributed by atoms with Crippen LogP contribution < -0.4 is 5.32 Å². The van der Waals surface area contributed by atoms with E-state index in [0.29, 0.717) is 12.0 Å². The smallest absolute Gasteiger partial charge is 0.335 e. The number of aromatic carboxylic acids is 1. The van der Waals surface area contributed by atoms with Crippen molar-refractivity contribution in [1.82, 2.24) is 5.32 Å². The van der Waals surface area contributed by atoms with Crippen LogP contribution in [0.4, 0.5) is 0 Å². The Kier molecular flexibility index (Phi) is 14.1. The molecule has 1 aliphatic carbocycles. The van der Waals surface area contributed by atoms with Crippen LogP contribution in [0.3, 0.4) is 0 Å². The predicted molar refractivity (Wildman–Crippen MR) is 189 cm³/mol. The zero-order valence-corrected chi connectivity index (χ0v) is 29.9. The number of carbonyl (C=O) groups excluding carboxylic acids is 5. The molecule has 1 aliphatic heterocycles. The number of ether oxygens (including phenoxy) is 1. The second-order valence-corrected chi connectivity index (χ2v) is 13.8. The zero-order valence-electron chi connectivity index (χ0n) is 29.9. The van der Waals surface area contributed by atoms with Gasteiger partial charge in [0, 0.05) is 54.4 Å². The molecule has 1 aromatic carbocycles. The molecule has 6 atom stereocenters. The monoisotopic (exact) mass is 687 g/mol. The van der Waals surface area contributed by atoms with Gasteiger partial charge in [-0.3, -0.25) is 24.0 Å². The fourth-order valence-corrected chi connectivity index (χ4v) is 6.56. The van der Waals surface area contributed by atoms with Crippen LogP contribution in [0.1, 0.15) is 90.1 Å². The molecule has 1 aromatic rings. The summed E-state index contributed by atoms with van der Waals surface area (Å²) in [6, 6.07) is 6.00. The summed E-state index contributed by atoms with van der Waals surface area (Å²) in [4.78, 5) is 76.6. The summed E-state index contributed by atoms with van der Waals surface area (Å²) < 4.78 is 5.64. The average Bonchev–Trinajstić information content (AvgIpc) is 3.04. The number of ketones is 3. The molecule has 10 nitrogen and oxygen atoms in total. The normalized spacial score (nSPS) is 28.4. The predicted octanol–water partition coefficient (Wildman–Crippen LogP) is 5.80. The second-order valence-electron chi connectivity index (χ2n) is 13.8. The van der Waals surface area contributed by atoms with Crippen LogP contribution in [0.2, 0.25) is 0 Å². The van der Waals surface area contributed by atoms with E-state index in [9.17, 15) is 33.9 Å². The van der Waals surface area contributed by atoms with E-state index in [2.05, 4.69) is 5.32 Å². The lowest BCUT2D eigenvalue weighted by Gasteiger charge is -2.28. The number of nitrogens with one attached hydrogen (secondary N) is 1. The number of benzene rings is 1. The van der Waals surface area contributed by atoms with E-state index >= 15 is 0 Å². The maximum Gasteiger partial charge on any atom is 0.335 e. The Bertz CT molecular complexity index is 1660. The molecule has 10 heteroatoms. The van der Waals surface area contributed by atoms with E-state index in [1.54, 1.807) is 37.3 Å². The van der Waals surface area contributed by atoms with Gasteiger partial charge in [0.05, 0.1) is 17.4 Å². The SMILES string of the molecule is CC(=O)O[C@H]1/C(C)=C/[C@H](C)[C@@H](O)[C@@H](C)C[C@H](C)CC2=C(CCC(=O)Cc3ccc(C(=O)O)cc3)C(=O)C=C(NC(=O)/C(C)=C/C=C\[C@@H]1C)C2=O. The molecule has 0 aromatic heterocycles.